The molecule has 1 aliphatic carbocycles. The summed E-state index contributed by atoms with van der Waals surface area (Å²) in [5.74, 6) is -1.47. The lowest BCUT2D eigenvalue weighted by atomic mass is 9.77. The average Bonchev–Trinajstić information content (AvgIpc) is 3.75. The summed E-state index contributed by atoms with van der Waals surface area (Å²) in [4.78, 5) is 43.6. The van der Waals surface area contributed by atoms with Gasteiger partial charge in [0.2, 0.25) is 5.36 Å². The molecule has 0 aromatic heterocycles. The number of fused-ring (bicyclic) bond motifs is 2. The summed E-state index contributed by atoms with van der Waals surface area (Å²) < 4.78 is 114. The van der Waals surface area contributed by atoms with E-state index >= 15 is 0 Å². The maximum absolute atomic E-state index is 12.9. The standard InChI is InChI=1S/C50H69N3O17S2/c1-49(2,3)45-34-37(40-15-13-38(35-43(40)69-45)51(21-23-65-29-31-67-27-25-63-5)22-24-66-30-32-68-28-26-64-6)10-7-11-44-50(4,19-8-12-48(56)70-53-46(54)17-18-47(53)55)41-36-39(72(60,61)62)14-16-42(41)52(44)20-9-33-71(57,58)59/h7,10-11,13-16,34-36H,8-9,12,17-33H2,1-6H3,(H-,57,58,59,60,61,62)/p-1. The number of methoxy groups -OCH3 is 2. The number of benzene rings is 2. The van der Waals surface area contributed by atoms with E-state index in [9.17, 15) is 40.3 Å². The molecule has 0 saturated carbocycles. The molecule has 1 aromatic rings. The zero-order valence-electron chi connectivity index (χ0n) is 42.0. The number of ether oxygens (including phenoxy) is 6. The first-order valence-corrected chi connectivity index (χ1v) is 26.9. The van der Waals surface area contributed by atoms with Gasteiger partial charge in [0, 0.05) is 79.6 Å². The summed E-state index contributed by atoms with van der Waals surface area (Å²) >= 11 is 0. The number of allylic oxidation sites excluding steroid dienone is 3. The maximum atomic E-state index is 12.9. The van der Waals surface area contributed by atoms with E-state index in [1.54, 1.807) is 38.2 Å². The summed E-state index contributed by atoms with van der Waals surface area (Å²) in [7, 11) is -6.30. The molecule has 72 heavy (non-hydrogen) atoms. The predicted molar refractivity (Wildman–Crippen MR) is 262 cm³/mol. The summed E-state index contributed by atoms with van der Waals surface area (Å²) in [6.45, 7) is 13.5. The van der Waals surface area contributed by atoms with Crippen LogP contribution in [0.2, 0.25) is 0 Å². The fraction of sp³-hybridized carbons (Fsp3) is 0.560. The van der Waals surface area contributed by atoms with Gasteiger partial charge in [-0.3, -0.25) is 9.59 Å². The fourth-order valence-corrected chi connectivity index (χ4v) is 9.26. The van der Waals surface area contributed by atoms with E-state index in [0.29, 0.717) is 113 Å². The van der Waals surface area contributed by atoms with Gasteiger partial charge in [-0.1, -0.05) is 32.9 Å². The molecule has 3 aliphatic heterocycles. The Bertz CT molecular complexity index is 2620. The predicted octanol–water partition coefficient (Wildman–Crippen LogP) is 4.11. The molecule has 1 fully saturated rings. The van der Waals surface area contributed by atoms with Crippen LogP contribution in [0.25, 0.3) is 17.4 Å². The Labute approximate surface area is 422 Å². The van der Waals surface area contributed by atoms with E-state index in [1.807, 2.05) is 51.1 Å². The smallest absolute Gasteiger partial charge is 0.333 e. The Kier molecular flexibility index (Phi) is 21.7. The first-order valence-electron chi connectivity index (χ1n) is 23.9. The second-order valence-electron chi connectivity index (χ2n) is 18.5. The van der Waals surface area contributed by atoms with Gasteiger partial charge in [0.1, 0.15) is 34.9 Å². The number of hydrogen-bond acceptors (Lipinski definition) is 18. The van der Waals surface area contributed by atoms with E-state index in [4.69, 9.17) is 37.7 Å². The number of imide groups is 1. The number of hydrogen-bond donors (Lipinski definition) is 0. The lowest BCUT2D eigenvalue weighted by molar-refractivity contribution is -0.197. The van der Waals surface area contributed by atoms with Crippen LogP contribution in [0.4, 0.5) is 5.69 Å². The van der Waals surface area contributed by atoms with Crippen molar-refractivity contribution in [2.45, 2.75) is 81.9 Å². The van der Waals surface area contributed by atoms with Crippen LogP contribution in [0.1, 0.15) is 83.1 Å². The Balaban J connectivity index is 1.53. The maximum Gasteiger partial charge on any atom is 0.333 e. The molecular weight excluding hydrogens is 979 g/mol. The Morgan fingerprint density at radius 2 is 1.40 bits per heavy atom. The summed E-state index contributed by atoms with van der Waals surface area (Å²) in [5.41, 5.74) is 1.48. The molecule has 4 aliphatic rings. The van der Waals surface area contributed by atoms with E-state index in [0.717, 1.165) is 16.5 Å². The average molecular weight is 1050 g/mol. The summed E-state index contributed by atoms with van der Waals surface area (Å²) in [6, 6.07) is 11.8. The Morgan fingerprint density at radius 3 is 1.97 bits per heavy atom. The molecule has 1 saturated heterocycles. The highest BCUT2D eigenvalue weighted by Crippen LogP contribution is 2.51. The molecule has 0 bridgehead atoms. The summed E-state index contributed by atoms with van der Waals surface area (Å²) in [5, 5.41) is 1.33. The third-order valence-corrected chi connectivity index (χ3v) is 13.7. The monoisotopic (exact) mass is 1050 g/mol. The highest BCUT2D eigenvalue weighted by Gasteiger charge is 2.44. The van der Waals surface area contributed by atoms with Crippen LogP contribution in [0, 0.1) is 0 Å². The van der Waals surface area contributed by atoms with E-state index < -0.39 is 59.5 Å². The SMILES string of the molecule is COCCOCCOCC[N+](CCOCCOCCOC)=c1ccc2c(/C=C/C=C3\N(CCCS(=O)(=O)[O-])c4ccc(S(=O)(=O)[O-])cc4C3(C)CCCC(=O)ON3C(=O)CCC3=O)cc(C(C)(C)C)oc-2c1. The van der Waals surface area contributed by atoms with Crippen LogP contribution in [0.5, 0.6) is 0 Å². The molecule has 20 nitrogen and oxygen atoms in total. The molecule has 22 heteroatoms. The molecule has 0 spiro atoms. The van der Waals surface area contributed by atoms with Crippen LogP contribution < -0.4 is 14.8 Å². The number of amides is 2. The Morgan fingerprint density at radius 1 is 0.806 bits per heavy atom. The van der Waals surface area contributed by atoms with Crippen molar-refractivity contribution < 1.29 is 78.0 Å². The third kappa shape index (κ3) is 16.8. The van der Waals surface area contributed by atoms with Crippen molar-refractivity contribution in [2.24, 2.45) is 0 Å². The van der Waals surface area contributed by atoms with Gasteiger partial charge >= 0.3 is 5.97 Å². The number of carbonyl (C=O) groups is 3. The van der Waals surface area contributed by atoms with Crippen molar-refractivity contribution in [3.05, 3.63) is 82.6 Å². The van der Waals surface area contributed by atoms with Gasteiger partial charge in [-0.25, -0.2) is 26.2 Å². The zero-order valence-corrected chi connectivity index (χ0v) is 43.6. The normalized spacial score (nSPS) is 17.0. The lowest BCUT2D eigenvalue weighted by Crippen LogP contribution is -2.36. The number of rotatable bonds is 30. The minimum Gasteiger partial charge on any atom is -0.748 e. The summed E-state index contributed by atoms with van der Waals surface area (Å²) in [6.07, 6.45) is 5.30. The van der Waals surface area contributed by atoms with Gasteiger partial charge in [0.25, 0.3) is 11.8 Å². The van der Waals surface area contributed by atoms with Gasteiger partial charge in [0.15, 0.2) is 13.1 Å². The minimum atomic E-state index is -4.93. The lowest BCUT2D eigenvalue weighted by Gasteiger charge is -2.30. The molecule has 1 unspecified atom stereocenters. The molecular formula is C50H68N3O17S2-. The van der Waals surface area contributed by atoms with Gasteiger partial charge < -0.3 is 51.7 Å². The number of carbonyl (C=O) groups excluding carboxylic acids is 3. The highest BCUT2D eigenvalue weighted by molar-refractivity contribution is 7.86. The second kappa shape index (κ2) is 26.9. The molecule has 2 amide bonds. The Hall–Kier alpha value is -4.88. The minimum absolute atomic E-state index is 0.0233. The first-order chi connectivity index (χ1) is 34.2. The van der Waals surface area contributed by atoms with Crippen molar-refractivity contribution >= 4 is 49.8 Å². The van der Waals surface area contributed by atoms with E-state index in [2.05, 4.69) is 4.58 Å². The molecule has 1 aromatic carbocycles. The highest BCUT2D eigenvalue weighted by atomic mass is 32.2. The topological polar surface area (TPSA) is 253 Å². The quantitative estimate of drug-likeness (QED) is 0.0394. The van der Waals surface area contributed by atoms with Gasteiger partial charge in [-0.15, -0.1) is 5.06 Å². The van der Waals surface area contributed by atoms with Crippen LogP contribution in [0.3, 0.4) is 0 Å². The fourth-order valence-electron chi connectivity index (χ4n) is 8.28. The molecule has 398 valence electrons. The van der Waals surface area contributed by atoms with Crippen LogP contribution in [-0.2, 0) is 78.7 Å². The van der Waals surface area contributed by atoms with E-state index in [-0.39, 0.29) is 45.1 Å². The van der Waals surface area contributed by atoms with Crippen molar-refractivity contribution in [3.8, 4) is 11.3 Å². The van der Waals surface area contributed by atoms with Crippen molar-refractivity contribution in [3.63, 3.8) is 0 Å². The molecule has 5 rings (SSSR count). The number of hydroxylamine groups is 2. The number of anilines is 1. The van der Waals surface area contributed by atoms with Crippen molar-refractivity contribution in [1.29, 1.82) is 0 Å². The molecule has 1 atom stereocenters. The largest absolute Gasteiger partial charge is 0.748 e. The van der Waals surface area contributed by atoms with Gasteiger partial charge in [0.05, 0.1) is 73.9 Å². The van der Waals surface area contributed by atoms with Crippen LogP contribution in [0.15, 0.2) is 69.6 Å². The van der Waals surface area contributed by atoms with E-state index in [1.165, 1.54) is 18.2 Å². The first kappa shape index (κ1) is 58.0. The third-order valence-electron chi connectivity index (χ3n) is 12.1. The second-order valence-corrected chi connectivity index (χ2v) is 21.4. The zero-order chi connectivity index (χ0) is 52.5. The van der Waals surface area contributed by atoms with Crippen molar-refractivity contribution in [2.75, 3.05) is 111 Å². The van der Waals surface area contributed by atoms with Gasteiger partial charge in [-0.05, 0) is 73.7 Å². The van der Waals surface area contributed by atoms with Crippen LogP contribution >= 0.6 is 0 Å². The van der Waals surface area contributed by atoms with Crippen molar-refractivity contribution in [1.82, 2.24) is 9.64 Å². The number of nitrogens with zero attached hydrogens (tertiary/aromatic N) is 3. The van der Waals surface area contributed by atoms with Crippen LogP contribution in [-0.4, -0.2) is 154 Å². The van der Waals surface area contributed by atoms with Gasteiger partial charge in [-0.2, -0.15) is 0 Å². The molecule has 3 heterocycles. The molecule has 0 radical (unpaired) electrons. The molecule has 0 N–H and O–H groups in total.